The molecular formula is C12H22N2O. The molecule has 0 N–H and O–H groups in total. The van der Waals surface area contributed by atoms with E-state index in [1.807, 2.05) is 0 Å². The molecule has 15 heavy (non-hydrogen) atoms. The van der Waals surface area contributed by atoms with Crippen molar-refractivity contribution in [2.24, 2.45) is 5.92 Å². The molecule has 2 atom stereocenters. The van der Waals surface area contributed by atoms with Gasteiger partial charge in [-0.25, -0.2) is 0 Å². The molecule has 0 spiro atoms. The second kappa shape index (κ2) is 4.52. The third-order valence-corrected chi connectivity index (χ3v) is 3.79. The largest absolute Gasteiger partial charge is 0.341 e. The number of rotatable bonds is 1. The molecule has 2 heterocycles. The Kier molecular flexibility index (Phi) is 3.29. The van der Waals surface area contributed by atoms with E-state index < -0.39 is 0 Å². The highest BCUT2D eigenvalue weighted by atomic mass is 16.2. The third-order valence-electron chi connectivity index (χ3n) is 3.79. The first kappa shape index (κ1) is 10.9. The number of amides is 1. The number of carbonyl (C=O) groups is 1. The predicted molar refractivity (Wildman–Crippen MR) is 60.6 cm³/mol. The van der Waals surface area contributed by atoms with Crippen molar-refractivity contribution in [2.75, 3.05) is 26.7 Å². The summed E-state index contributed by atoms with van der Waals surface area (Å²) in [5, 5.41) is 0. The Morgan fingerprint density at radius 3 is 2.60 bits per heavy atom. The highest BCUT2D eigenvalue weighted by molar-refractivity contribution is 5.82. The van der Waals surface area contributed by atoms with Gasteiger partial charge in [0, 0.05) is 13.1 Å². The molecule has 3 heteroatoms. The van der Waals surface area contributed by atoms with E-state index >= 15 is 0 Å². The number of hydrogen-bond donors (Lipinski definition) is 0. The lowest BCUT2D eigenvalue weighted by atomic mass is 10.0. The fourth-order valence-electron chi connectivity index (χ4n) is 2.73. The van der Waals surface area contributed by atoms with Crippen molar-refractivity contribution in [3.05, 3.63) is 0 Å². The summed E-state index contributed by atoms with van der Waals surface area (Å²) in [7, 11) is 2.08. The van der Waals surface area contributed by atoms with Crippen LogP contribution in [0.15, 0.2) is 0 Å². The highest BCUT2D eigenvalue weighted by Crippen LogP contribution is 2.21. The highest BCUT2D eigenvalue weighted by Gasteiger charge is 2.32. The van der Waals surface area contributed by atoms with Crippen LogP contribution in [0.2, 0.25) is 0 Å². The van der Waals surface area contributed by atoms with Gasteiger partial charge in [0.05, 0.1) is 6.04 Å². The van der Waals surface area contributed by atoms with Crippen molar-refractivity contribution in [2.45, 2.75) is 38.6 Å². The average molecular weight is 210 g/mol. The summed E-state index contributed by atoms with van der Waals surface area (Å²) < 4.78 is 0. The maximum Gasteiger partial charge on any atom is 0.239 e. The van der Waals surface area contributed by atoms with Gasteiger partial charge < -0.3 is 4.90 Å². The molecule has 0 aliphatic carbocycles. The zero-order valence-electron chi connectivity index (χ0n) is 9.91. The first-order chi connectivity index (χ1) is 7.18. The van der Waals surface area contributed by atoms with Gasteiger partial charge in [0.25, 0.3) is 0 Å². The Morgan fingerprint density at radius 2 is 2.00 bits per heavy atom. The van der Waals surface area contributed by atoms with Gasteiger partial charge in [0.1, 0.15) is 0 Å². The summed E-state index contributed by atoms with van der Waals surface area (Å²) in [6.45, 7) is 5.27. The Hall–Kier alpha value is -0.570. The summed E-state index contributed by atoms with van der Waals surface area (Å²) >= 11 is 0. The lowest BCUT2D eigenvalue weighted by molar-refractivity contribution is -0.136. The number of nitrogens with zero attached hydrogens (tertiary/aromatic N) is 2. The van der Waals surface area contributed by atoms with Gasteiger partial charge in [0.2, 0.25) is 5.91 Å². The third kappa shape index (κ3) is 2.33. The van der Waals surface area contributed by atoms with Crippen LogP contribution in [0.5, 0.6) is 0 Å². The fourth-order valence-corrected chi connectivity index (χ4v) is 2.73. The van der Waals surface area contributed by atoms with Crippen molar-refractivity contribution in [3.63, 3.8) is 0 Å². The lowest BCUT2D eigenvalue weighted by Gasteiger charge is -2.34. The molecule has 3 nitrogen and oxygen atoms in total. The maximum absolute atomic E-state index is 12.2. The minimum absolute atomic E-state index is 0.170. The van der Waals surface area contributed by atoms with E-state index in [9.17, 15) is 4.79 Å². The van der Waals surface area contributed by atoms with Gasteiger partial charge in [-0.1, -0.05) is 13.3 Å². The molecule has 2 rings (SSSR count). The van der Waals surface area contributed by atoms with Gasteiger partial charge in [-0.15, -0.1) is 0 Å². The fraction of sp³-hybridized carbons (Fsp3) is 0.917. The van der Waals surface area contributed by atoms with Crippen LogP contribution in [0.4, 0.5) is 0 Å². The molecule has 2 unspecified atom stereocenters. The van der Waals surface area contributed by atoms with Crippen LogP contribution >= 0.6 is 0 Å². The van der Waals surface area contributed by atoms with Gasteiger partial charge in [-0.3, -0.25) is 9.69 Å². The molecule has 0 aromatic rings. The molecule has 2 saturated heterocycles. The van der Waals surface area contributed by atoms with Crippen molar-refractivity contribution in [1.82, 2.24) is 9.80 Å². The van der Waals surface area contributed by atoms with Crippen LogP contribution in [0.1, 0.15) is 32.6 Å². The van der Waals surface area contributed by atoms with Crippen LogP contribution in [0, 0.1) is 5.92 Å². The number of likely N-dealkylation sites (N-methyl/N-ethyl adjacent to an activating group) is 1. The first-order valence-corrected chi connectivity index (χ1v) is 6.17. The molecule has 2 fully saturated rings. The van der Waals surface area contributed by atoms with Crippen LogP contribution in [-0.2, 0) is 4.79 Å². The topological polar surface area (TPSA) is 23.6 Å². The van der Waals surface area contributed by atoms with E-state index in [1.54, 1.807) is 0 Å². The molecule has 0 saturated carbocycles. The van der Waals surface area contributed by atoms with Crippen LogP contribution in [-0.4, -0.2) is 48.4 Å². The molecule has 0 radical (unpaired) electrons. The smallest absolute Gasteiger partial charge is 0.239 e. The number of likely N-dealkylation sites (tertiary alicyclic amines) is 2. The van der Waals surface area contributed by atoms with Crippen LogP contribution in [0.25, 0.3) is 0 Å². The number of hydrogen-bond acceptors (Lipinski definition) is 2. The summed E-state index contributed by atoms with van der Waals surface area (Å²) in [4.78, 5) is 16.5. The van der Waals surface area contributed by atoms with Gasteiger partial charge >= 0.3 is 0 Å². The average Bonchev–Trinajstić information content (AvgIpc) is 2.65. The van der Waals surface area contributed by atoms with Gasteiger partial charge in [-0.2, -0.15) is 0 Å². The quantitative estimate of drug-likeness (QED) is 0.652. The van der Waals surface area contributed by atoms with E-state index in [-0.39, 0.29) is 6.04 Å². The molecule has 2 aliphatic heterocycles. The van der Waals surface area contributed by atoms with Gasteiger partial charge in [0.15, 0.2) is 0 Å². The Morgan fingerprint density at radius 1 is 1.20 bits per heavy atom. The van der Waals surface area contributed by atoms with E-state index in [2.05, 4.69) is 23.8 Å². The van der Waals surface area contributed by atoms with E-state index in [0.717, 1.165) is 26.1 Å². The number of piperidine rings is 1. The zero-order chi connectivity index (χ0) is 10.8. The molecular weight excluding hydrogens is 188 g/mol. The Bertz CT molecular complexity index is 242. The monoisotopic (exact) mass is 210 g/mol. The minimum atomic E-state index is 0.170. The van der Waals surface area contributed by atoms with Crippen molar-refractivity contribution in [3.8, 4) is 0 Å². The second-order valence-corrected chi connectivity index (χ2v) is 5.17. The molecule has 1 amide bonds. The van der Waals surface area contributed by atoms with Crippen LogP contribution in [0.3, 0.4) is 0 Å². The predicted octanol–water partition coefficient (Wildman–Crippen LogP) is 1.34. The normalized spacial score (nSPS) is 33.3. The summed E-state index contributed by atoms with van der Waals surface area (Å²) in [6.07, 6.45) is 4.70. The van der Waals surface area contributed by atoms with E-state index in [0.29, 0.717) is 11.8 Å². The van der Waals surface area contributed by atoms with E-state index in [4.69, 9.17) is 0 Å². The van der Waals surface area contributed by atoms with Gasteiger partial charge in [-0.05, 0) is 38.8 Å². The van der Waals surface area contributed by atoms with Crippen molar-refractivity contribution < 1.29 is 4.79 Å². The molecule has 0 bridgehead atoms. The minimum Gasteiger partial charge on any atom is -0.341 e. The molecule has 86 valence electrons. The van der Waals surface area contributed by atoms with E-state index in [1.165, 1.54) is 19.3 Å². The van der Waals surface area contributed by atoms with Crippen molar-refractivity contribution in [1.29, 1.82) is 0 Å². The summed E-state index contributed by atoms with van der Waals surface area (Å²) in [5.74, 6) is 1.07. The lowest BCUT2D eigenvalue weighted by Crippen LogP contribution is -2.48. The Labute approximate surface area is 92.4 Å². The second-order valence-electron chi connectivity index (χ2n) is 5.17. The zero-order valence-corrected chi connectivity index (χ0v) is 9.91. The summed E-state index contributed by atoms with van der Waals surface area (Å²) in [5.41, 5.74) is 0. The SMILES string of the molecule is CC1CCN(C(=O)C2CCCCN2C)C1. The number of carbonyl (C=O) groups excluding carboxylic acids is 1. The maximum atomic E-state index is 12.2. The molecule has 2 aliphatic rings. The first-order valence-electron chi connectivity index (χ1n) is 6.17. The van der Waals surface area contributed by atoms with Crippen molar-refractivity contribution >= 4 is 5.91 Å². The van der Waals surface area contributed by atoms with Crippen LogP contribution < -0.4 is 0 Å². The standard InChI is InChI=1S/C12H22N2O/c1-10-6-8-14(9-10)12(15)11-5-3-4-7-13(11)2/h10-11H,3-9H2,1-2H3. The summed E-state index contributed by atoms with van der Waals surface area (Å²) in [6, 6.07) is 0.170. The molecule has 0 aromatic carbocycles. The Balaban J connectivity index is 1.94. The molecule has 0 aromatic heterocycles.